The second kappa shape index (κ2) is 5.21. The Morgan fingerprint density at radius 2 is 2.05 bits per heavy atom. The highest BCUT2D eigenvalue weighted by Crippen LogP contribution is 2.44. The van der Waals surface area contributed by atoms with Crippen LogP contribution in [0.25, 0.3) is 0 Å². The molecule has 1 fully saturated rings. The normalized spacial score (nSPS) is 25.6. The van der Waals surface area contributed by atoms with Gasteiger partial charge in [-0.2, -0.15) is 0 Å². The fraction of sp³-hybridized carbons (Fsp3) is 0.625. The van der Waals surface area contributed by atoms with E-state index >= 15 is 0 Å². The first-order valence-corrected chi connectivity index (χ1v) is 7.85. The van der Waals surface area contributed by atoms with Gasteiger partial charge >= 0.3 is 0 Å². The largest absolute Gasteiger partial charge is 0.487 e. The van der Waals surface area contributed by atoms with E-state index in [0.717, 1.165) is 48.7 Å². The zero-order chi connectivity index (χ0) is 14.3. The lowest BCUT2D eigenvalue weighted by Gasteiger charge is -2.47. The van der Waals surface area contributed by atoms with Gasteiger partial charge in [-0.25, -0.2) is 0 Å². The Morgan fingerprint density at radius 3 is 2.70 bits per heavy atom. The molecule has 4 heteroatoms. The van der Waals surface area contributed by atoms with Gasteiger partial charge in [-0.05, 0) is 44.9 Å². The van der Waals surface area contributed by atoms with Crippen molar-refractivity contribution in [2.75, 3.05) is 13.1 Å². The zero-order valence-electron chi connectivity index (χ0n) is 12.2. The smallest absolute Gasteiger partial charge is 0.125 e. The van der Waals surface area contributed by atoms with Crippen LogP contribution in [0, 0.1) is 0 Å². The molecule has 0 radical (unpaired) electrons. The third-order valence-corrected chi connectivity index (χ3v) is 4.96. The Morgan fingerprint density at radius 1 is 1.35 bits per heavy atom. The van der Waals surface area contributed by atoms with Crippen LogP contribution in [0.1, 0.15) is 44.7 Å². The van der Waals surface area contributed by atoms with Crippen LogP contribution in [0.2, 0.25) is 5.02 Å². The molecule has 2 aliphatic rings. The summed E-state index contributed by atoms with van der Waals surface area (Å²) in [6.45, 7) is 6.69. The maximum absolute atomic E-state index is 6.36. The fourth-order valence-corrected chi connectivity index (χ4v) is 3.62. The highest BCUT2D eigenvalue weighted by Gasteiger charge is 2.42. The Labute approximate surface area is 126 Å². The second-order valence-electron chi connectivity index (χ2n) is 6.41. The molecule has 0 bridgehead atoms. The van der Waals surface area contributed by atoms with Gasteiger partial charge in [-0.3, -0.25) is 0 Å². The monoisotopic (exact) mass is 294 g/mol. The molecular formula is C16H23ClN2O. The molecule has 1 spiro atoms. The number of halogens is 1. The summed E-state index contributed by atoms with van der Waals surface area (Å²) >= 11 is 6.06. The van der Waals surface area contributed by atoms with Crippen LogP contribution in [-0.4, -0.2) is 29.6 Å². The van der Waals surface area contributed by atoms with E-state index in [1.54, 1.807) is 0 Å². The van der Waals surface area contributed by atoms with Gasteiger partial charge in [0, 0.05) is 42.2 Å². The number of ether oxygens (including phenoxy) is 1. The third kappa shape index (κ3) is 2.54. The van der Waals surface area contributed by atoms with E-state index in [1.165, 1.54) is 0 Å². The Bertz CT molecular complexity index is 495. The number of hydrogen-bond donors (Lipinski definition) is 1. The molecule has 0 aliphatic carbocycles. The van der Waals surface area contributed by atoms with E-state index in [1.807, 2.05) is 18.2 Å². The van der Waals surface area contributed by atoms with Crippen molar-refractivity contribution in [2.45, 2.75) is 50.8 Å². The molecular weight excluding hydrogens is 272 g/mol. The van der Waals surface area contributed by atoms with Gasteiger partial charge in [0.05, 0.1) is 0 Å². The molecule has 1 atom stereocenters. The number of nitrogens with two attached hydrogens (primary N) is 1. The Kier molecular flexibility index (Phi) is 3.69. The maximum Gasteiger partial charge on any atom is 0.125 e. The minimum atomic E-state index is -0.0777. The first-order valence-electron chi connectivity index (χ1n) is 7.47. The van der Waals surface area contributed by atoms with Crippen LogP contribution in [-0.2, 0) is 0 Å². The SMILES string of the molecule is CC(C)N1CCC2(CC1)C[C@H](N)c1cc(Cl)ccc1O2. The van der Waals surface area contributed by atoms with Crippen molar-refractivity contribution in [3.63, 3.8) is 0 Å². The summed E-state index contributed by atoms with van der Waals surface area (Å²) in [6.07, 6.45) is 3.01. The Hall–Kier alpha value is -0.770. The zero-order valence-corrected chi connectivity index (χ0v) is 13.0. The van der Waals surface area contributed by atoms with Crippen LogP contribution in [0.15, 0.2) is 18.2 Å². The second-order valence-corrected chi connectivity index (χ2v) is 6.84. The number of benzene rings is 1. The number of nitrogens with zero attached hydrogens (tertiary/aromatic N) is 1. The van der Waals surface area contributed by atoms with E-state index in [0.29, 0.717) is 6.04 Å². The average Bonchev–Trinajstić information content (AvgIpc) is 2.40. The average molecular weight is 295 g/mol. The lowest BCUT2D eigenvalue weighted by atomic mass is 9.80. The van der Waals surface area contributed by atoms with Crippen LogP contribution >= 0.6 is 11.6 Å². The molecule has 2 aliphatic heterocycles. The number of hydrogen-bond acceptors (Lipinski definition) is 3. The summed E-state index contributed by atoms with van der Waals surface area (Å²) in [5.74, 6) is 0.922. The van der Waals surface area contributed by atoms with Crippen LogP contribution in [0.5, 0.6) is 5.75 Å². The first-order chi connectivity index (χ1) is 9.49. The summed E-state index contributed by atoms with van der Waals surface area (Å²) in [5, 5.41) is 0.730. The summed E-state index contributed by atoms with van der Waals surface area (Å²) in [4.78, 5) is 2.51. The maximum atomic E-state index is 6.36. The predicted octanol–water partition coefficient (Wildman–Crippen LogP) is 3.37. The quantitative estimate of drug-likeness (QED) is 0.863. The molecule has 1 saturated heterocycles. The van der Waals surface area contributed by atoms with Crippen molar-refractivity contribution >= 4 is 11.6 Å². The highest BCUT2D eigenvalue weighted by atomic mass is 35.5. The minimum Gasteiger partial charge on any atom is -0.487 e. The highest BCUT2D eigenvalue weighted by molar-refractivity contribution is 6.30. The van der Waals surface area contributed by atoms with Crippen molar-refractivity contribution in [1.29, 1.82) is 0 Å². The van der Waals surface area contributed by atoms with Crippen molar-refractivity contribution in [3.8, 4) is 5.75 Å². The van der Waals surface area contributed by atoms with Gasteiger partial charge in [0.1, 0.15) is 11.4 Å². The molecule has 0 amide bonds. The molecule has 20 heavy (non-hydrogen) atoms. The van der Waals surface area contributed by atoms with Gasteiger partial charge in [0.2, 0.25) is 0 Å². The summed E-state index contributed by atoms with van der Waals surface area (Å²) < 4.78 is 6.35. The van der Waals surface area contributed by atoms with Gasteiger partial charge in [0.15, 0.2) is 0 Å². The lowest BCUT2D eigenvalue weighted by molar-refractivity contribution is -0.0278. The predicted molar refractivity (Wildman–Crippen MR) is 82.3 cm³/mol. The third-order valence-electron chi connectivity index (χ3n) is 4.73. The molecule has 3 rings (SSSR count). The van der Waals surface area contributed by atoms with Gasteiger partial charge in [0.25, 0.3) is 0 Å². The summed E-state index contributed by atoms with van der Waals surface area (Å²) in [6, 6.07) is 6.43. The lowest BCUT2D eigenvalue weighted by Crippen LogP contribution is -2.52. The van der Waals surface area contributed by atoms with Crippen molar-refractivity contribution in [3.05, 3.63) is 28.8 Å². The van der Waals surface area contributed by atoms with E-state index in [2.05, 4.69) is 18.7 Å². The van der Waals surface area contributed by atoms with E-state index in [4.69, 9.17) is 22.1 Å². The molecule has 1 aromatic carbocycles. The van der Waals surface area contributed by atoms with Crippen LogP contribution in [0.3, 0.4) is 0 Å². The molecule has 2 heterocycles. The van der Waals surface area contributed by atoms with E-state index in [9.17, 15) is 0 Å². The number of rotatable bonds is 1. The van der Waals surface area contributed by atoms with E-state index < -0.39 is 0 Å². The van der Waals surface area contributed by atoms with E-state index in [-0.39, 0.29) is 11.6 Å². The minimum absolute atomic E-state index is 0.0306. The molecule has 3 nitrogen and oxygen atoms in total. The van der Waals surface area contributed by atoms with Gasteiger partial charge in [-0.15, -0.1) is 0 Å². The fourth-order valence-electron chi connectivity index (χ4n) is 3.44. The van der Waals surface area contributed by atoms with Crippen LogP contribution in [0.4, 0.5) is 0 Å². The number of likely N-dealkylation sites (tertiary alicyclic amines) is 1. The molecule has 110 valence electrons. The van der Waals surface area contributed by atoms with Crippen molar-refractivity contribution in [1.82, 2.24) is 4.90 Å². The topological polar surface area (TPSA) is 38.5 Å². The van der Waals surface area contributed by atoms with Crippen LogP contribution < -0.4 is 10.5 Å². The van der Waals surface area contributed by atoms with Gasteiger partial charge in [-0.1, -0.05) is 11.6 Å². The van der Waals surface area contributed by atoms with Gasteiger partial charge < -0.3 is 15.4 Å². The standard InChI is InChI=1S/C16H23ClN2O/c1-11(2)19-7-5-16(6-8-19)10-14(18)13-9-12(17)3-4-15(13)20-16/h3-4,9,11,14H,5-8,10,18H2,1-2H3/t14-/m0/s1. The number of piperidine rings is 1. The molecule has 2 N–H and O–H groups in total. The molecule has 1 aromatic rings. The summed E-state index contributed by atoms with van der Waals surface area (Å²) in [7, 11) is 0. The summed E-state index contributed by atoms with van der Waals surface area (Å²) in [5.41, 5.74) is 7.34. The molecule has 0 aromatic heterocycles. The first kappa shape index (κ1) is 14.2. The number of fused-ring (bicyclic) bond motifs is 1. The molecule has 0 unspecified atom stereocenters. The Balaban J connectivity index is 1.80. The molecule has 0 saturated carbocycles. The van der Waals surface area contributed by atoms with Crippen molar-refractivity contribution in [2.24, 2.45) is 5.73 Å². The van der Waals surface area contributed by atoms with Crippen molar-refractivity contribution < 1.29 is 4.74 Å².